The Morgan fingerprint density at radius 3 is 2.58 bits per heavy atom. The van der Waals surface area contributed by atoms with Gasteiger partial charge in [0.2, 0.25) is 0 Å². The predicted octanol–water partition coefficient (Wildman–Crippen LogP) is 3.23. The zero-order chi connectivity index (χ0) is 13.8. The summed E-state index contributed by atoms with van der Waals surface area (Å²) in [5.41, 5.74) is 0.189. The fourth-order valence-corrected chi connectivity index (χ4v) is 2.33. The first-order chi connectivity index (χ1) is 9.09. The minimum Gasteiger partial charge on any atom is -0.311 e. The van der Waals surface area contributed by atoms with Crippen molar-refractivity contribution in [2.45, 2.75) is 20.4 Å². The maximum absolute atomic E-state index is 13.7. The minimum atomic E-state index is -0.613. The van der Waals surface area contributed by atoms with E-state index in [1.165, 1.54) is 18.2 Å². The van der Waals surface area contributed by atoms with Crippen molar-refractivity contribution in [2.75, 3.05) is 6.54 Å². The number of hydrogen-bond donors (Lipinski definition) is 1. The van der Waals surface area contributed by atoms with Crippen LogP contribution in [0.1, 0.15) is 18.7 Å². The van der Waals surface area contributed by atoms with E-state index in [1.807, 2.05) is 0 Å². The van der Waals surface area contributed by atoms with Gasteiger partial charge in [-0.25, -0.2) is 8.78 Å². The van der Waals surface area contributed by atoms with Gasteiger partial charge in [0.15, 0.2) is 0 Å². The summed E-state index contributed by atoms with van der Waals surface area (Å²) < 4.78 is 31.2. The highest BCUT2D eigenvalue weighted by atomic mass is 32.1. The molecule has 2 aromatic rings. The molecule has 0 aliphatic heterocycles. The molecule has 0 bridgehead atoms. The van der Waals surface area contributed by atoms with Crippen LogP contribution < -0.4 is 5.32 Å². The lowest BCUT2D eigenvalue weighted by atomic mass is 10.1. The third-order valence-electron chi connectivity index (χ3n) is 2.59. The molecule has 0 saturated heterocycles. The van der Waals surface area contributed by atoms with Gasteiger partial charge in [0, 0.05) is 6.54 Å². The van der Waals surface area contributed by atoms with E-state index < -0.39 is 11.6 Å². The Morgan fingerprint density at radius 2 is 1.95 bits per heavy atom. The maximum atomic E-state index is 13.7. The number of halogens is 2. The van der Waals surface area contributed by atoms with Crippen molar-refractivity contribution in [1.29, 1.82) is 0 Å². The summed E-state index contributed by atoms with van der Waals surface area (Å²) in [6.45, 7) is 5.53. The Morgan fingerprint density at radius 1 is 1.26 bits per heavy atom. The normalized spacial score (nSPS) is 11.2. The molecule has 0 aliphatic rings. The highest BCUT2D eigenvalue weighted by molar-refractivity contribution is 7.05. The molecule has 0 aliphatic carbocycles. The van der Waals surface area contributed by atoms with Crippen LogP contribution in [-0.2, 0) is 6.54 Å². The van der Waals surface area contributed by atoms with Gasteiger partial charge < -0.3 is 5.32 Å². The van der Waals surface area contributed by atoms with Crippen molar-refractivity contribution in [3.05, 3.63) is 34.7 Å². The summed E-state index contributed by atoms with van der Waals surface area (Å²) in [6.07, 6.45) is 0. The van der Waals surface area contributed by atoms with Crippen LogP contribution in [0.15, 0.2) is 18.2 Å². The fraction of sp³-hybridized carbons (Fsp3) is 0.385. The third-order valence-corrected chi connectivity index (χ3v) is 3.32. The summed E-state index contributed by atoms with van der Waals surface area (Å²) in [5, 5.41) is 7.08. The van der Waals surface area contributed by atoms with Gasteiger partial charge in [-0.15, -0.1) is 5.10 Å². The second-order valence-corrected chi connectivity index (χ2v) is 5.50. The van der Waals surface area contributed by atoms with Crippen LogP contribution in [0.25, 0.3) is 11.3 Å². The molecular weight excluding hydrogens is 268 g/mol. The van der Waals surface area contributed by atoms with Gasteiger partial charge in [-0.05, 0) is 36.1 Å². The first-order valence-electron chi connectivity index (χ1n) is 6.06. The molecule has 6 heteroatoms. The summed E-state index contributed by atoms with van der Waals surface area (Å²) in [5.74, 6) is -0.717. The van der Waals surface area contributed by atoms with Crippen molar-refractivity contribution in [3.63, 3.8) is 0 Å². The zero-order valence-corrected chi connectivity index (χ0v) is 11.6. The molecule has 1 aromatic carbocycles. The zero-order valence-electron chi connectivity index (χ0n) is 10.8. The smallest absolute Gasteiger partial charge is 0.135 e. The van der Waals surface area contributed by atoms with Gasteiger partial charge in [-0.3, -0.25) is 0 Å². The monoisotopic (exact) mass is 283 g/mol. The Bertz CT molecular complexity index is 534. The van der Waals surface area contributed by atoms with Gasteiger partial charge in [0.05, 0.1) is 10.4 Å². The maximum Gasteiger partial charge on any atom is 0.135 e. The lowest BCUT2D eigenvalue weighted by molar-refractivity contribution is 0.554. The Kier molecular flexibility index (Phi) is 4.55. The topological polar surface area (TPSA) is 37.8 Å². The molecule has 0 amide bonds. The molecule has 0 unspecified atom stereocenters. The molecule has 1 aromatic heterocycles. The number of rotatable bonds is 5. The van der Waals surface area contributed by atoms with Gasteiger partial charge in [0.1, 0.15) is 17.3 Å². The summed E-state index contributed by atoms with van der Waals surface area (Å²) in [6, 6.07) is 3.79. The van der Waals surface area contributed by atoms with E-state index in [0.29, 0.717) is 12.5 Å². The number of aromatic nitrogens is 2. The lowest BCUT2D eigenvalue weighted by Crippen LogP contribution is -2.18. The van der Waals surface area contributed by atoms with Gasteiger partial charge >= 0.3 is 0 Å². The standard InChI is InChI=1S/C13H15F2N3S/c1-8(2)6-16-7-11-13(17-18-19-11)12-9(14)4-3-5-10(12)15/h3-5,8,16H,6-7H2,1-2H3. The van der Waals surface area contributed by atoms with Crippen LogP contribution in [0.2, 0.25) is 0 Å². The van der Waals surface area contributed by atoms with Crippen molar-refractivity contribution in [1.82, 2.24) is 14.9 Å². The molecule has 3 nitrogen and oxygen atoms in total. The van der Waals surface area contributed by atoms with Crippen LogP contribution in [0.3, 0.4) is 0 Å². The van der Waals surface area contributed by atoms with Crippen molar-refractivity contribution in [2.24, 2.45) is 5.92 Å². The van der Waals surface area contributed by atoms with E-state index >= 15 is 0 Å². The van der Waals surface area contributed by atoms with E-state index in [-0.39, 0.29) is 11.3 Å². The van der Waals surface area contributed by atoms with E-state index in [1.54, 1.807) is 0 Å². The average molecular weight is 283 g/mol. The molecule has 2 rings (SSSR count). The average Bonchev–Trinajstić information content (AvgIpc) is 2.77. The van der Waals surface area contributed by atoms with Crippen LogP contribution in [0.4, 0.5) is 8.78 Å². The Hall–Kier alpha value is -1.40. The van der Waals surface area contributed by atoms with E-state index in [9.17, 15) is 8.78 Å². The van der Waals surface area contributed by atoms with Gasteiger partial charge in [-0.1, -0.05) is 24.4 Å². The SMILES string of the molecule is CC(C)CNCc1snnc1-c1c(F)cccc1F. The van der Waals surface area contributed by atoms with E-state index in [0.717, 1.165) is 23.0 Å². The molecule has 1 N–H and O–H groups in total. The Balaban J connectivity index is 2.24. The number of hydrogen-bond acceptors (Lipinski definition) is 4. The van der Waals surface area contributed by atoms with Crippen molar-refractivity contribution < 1.29 is 8.78 Å². The lowest BCUT2D eigenvalue weighted by Gasteiger charge is -2.07. The molecular formula is C13H15F2N3S. The third kappa shape index (κ3) is 3.33. The number of nitrogens with one attached hydrogen (secondary N) is 1. The largest absolute Gasteiger partial charge is 0.311 e. The molecule has 1 heterocycles. The quantitative estimate of drug-likeness (QED) is 0.915. The first-order valence-corrected chi connectivity index (χ1v) is 6.83. The highest BCUT2D eigenvalue weighted by Crippen LogP contribution is 2.28. The van der Waals surface area contributed by atoms with Crippen molar-refractivity contribution in [3.8, 4) is 11.3 Å². The van der Waals surface area contributed by atoms with Crippen molar-refractivity contribution >= 4 is 11.5 Å². The van der Waals surface area contributed by atoms with Gasteiger partial charge in [0.25, 0.3) is 0 Å². The molecule has 0 fully saturated rings. The molecule has 0 spiro atoms. The second-order valence-electron chi connectivity index (χ2n) is 4.67. The molecule has 0 atom stereocenters. The van der Waals surface area contributed by atoms with E-state index in [4.69, 9.17) is 0 Å². The Labute approximate surface area is 114 Å². The predicted molar refractivity (Wildman–Crippen MR) is 71.8 cm³/mol. The molecule has 19 heavy (non-hydrogen) atoms. The second kappa shape index (κ2) is 6.16. The highest BCUT2D eigenvalue weighted by Gasteiger charge is 2.18. The van der Waals surface area contributed by atoms with E-state index in [2.05, 4.69) is 28.8 Å². The van der Waals surface area contributed by atoms with Crippen LogP contribution in [-0.4, -0.2) is 16.1 Å². The van der Waals surface area contributed by atoms with Crippen LogP contribution >= 0.6 is 11.5 Å². The summed E-state index contributed by atoms with van der Waals surface area (Å²) >= 11 is 1.16. The fourth-order valence-electron chi connectivity index (χ4n) is 1.71. The molecule has 102 valence electrons. The van der Waals surface area contributed by atoms with Crippen LogP contribution in [0, 0.1) is 17.6 Å². The molecule has 0 saturated carbocycles. The number of benzene rings is 1. The van der Waals surface area contributed by atoms with Crippen LogP contribution in [0.5, 0.6) is 0 Å². The summed E-state index contributed by atoms with van der Waals surface area (Å²) in [4.78, 5) is 0.740. The number of nitrogens with zero attached hydrogens (tertiary/aromatic N) is 2. The first kappa shape index (κ1) is 14.0. The summed E-state index contributed by atoms with van der Waals surface area (Å²) in [7, 11) is 0. The van der Waals surface area contributed by atoms with Gasteiger partial charge in [-0.2, -0.15) is 0 Å². The minimum absolute atomic E-state index is 0.0994. The molecule has 0 radical (unpaired) electrons.